The van der Waals surface area contributed by atoms with Crippen LogP contribution in [0, 0.1) is 18.8 Å². The number of urea groups is 1. The Morgan fingerprint density at radius 3 is 2.55 bits per heavy atom. The van der Waals surface area contributed by atoms with Gasteiger partial charge in [-0.25, -0.2) is 9.78 Å². The summed E-state index contributed by atoms with van der Waals surface area (Å²) >= 11 is 6.14. The third kappa shape index (κ3) is 7.09. The highest BCUT2D eigenvalue weighted by Crippen LogP contribution is 2.20. The quantitative estimate of drug-likeness (QED) is 0.647. The van der Waals surface area contributed by atoms with E-state index in [1.165, 1.54) is 6.26 Å². The van der Waals surface area contributed by atoms with Gasteiger partial charge in [0.25, 0.3) is 5.91 Å². The van der Waals surface area contributed by atoms with Crippen LogP contribution >= 0.6 is 11.6 Å². The number of benzene rings is 1. The molecule has 158 valence electrons. The minimum absolute atomic E-state index is 0.154. The molecule has 0 atom stereocenters. The van der Waals surface area contributed by atoms with Crippen LogP contribution in [0.1, 0.15) is 49.6 Å². The predicted octanol–water partition coefficient (Wildman–Crippen LogP) is 4.71. The maximum Gasteiger partial charge on any atom is 0.322 e. The fraction of sp³-hybridized carbons (Fsp3) is 0.476. The zero-order valence-corrected chi connectivity index (χ0v) is 18.3. The standard InChI is InChI=1S/C21H29ClN4O3/c1-13(2)9-23-20(27)18-12-29-19(25-18)11-26(10-14(3)4)21(28)24-16-7-6-15(5)17(22)8-16/h6-8,12-14H,9-11H2,1-5H3,(H,23,27)(H,24,28). The number of carbonyl (C=O) groups is 2. The van der Waals surface area contributed by atoms with Crippen LogP contribution in [0.25, 0.3) is 0 Å². The number of halogens is 1. The molecule has 1 aromatic heterocycles. The summed E-state index contributed by atoms with van der Waals surface area (Å²) in [7, 11) is 0. The number of anilines is 1. The van der Waals surface area contributed by atoms with E-state index in [9.17, 15) is 9.59 Å². The van der Waals surface area contributed by atoms with E-state index in [0.29, 0.717) is 35.6 Å². The van der Waals surface area contributed by atoms with E-state index in [2.05, 4.69) is 15.6 Å². The third-order valence-electron chi connectivity index (χ3n) is 4.08. The van der Waals surface area contributed by atoms with Crippen molar-refractivity contribution in [2.75, 3.05) is 18.4 Å². The van der Waals surface area contributed by atoms with Gasteiger partial charge >= 0.3 is 6.03 Å². The van der Waals surface area contributed by atoms with Crippen molar-refractivity contribution in [2.45, 2.75) is 41.2 Å². The molecule has 0 unspecified atom stereocenters. The lowest BCUT2D eigenvalue weighted by molar-refractivity contribution is 0.0944. The molecule has 0 saturated heterocycles. The van der Waals surface area contributed by atoms with Crippen LogP contribution in [-0.2, 0) is 6.54 Å². The number of aryl methyl sites for hydroxylation is 1. The normalized spacial score (nSPS) is 11.0. The monoisotopic (exact) mass is 420 g/mol. The maximum absolute atomic E-state index is 12.8. The molecule has 7 nitrogen and oxygen atoms in total. The second-order valence-electron chi connectivity index (χ2n) is 7.90. The Balaban J connectivity index is 2.07. The van der Waals surface area contributed by atoms with Gasteiger partial charge in [0.1, 0.15) is 6.26 Å². The molecule has 0 bridgehead atoms. The number of nitrogens with zero attached hydrogens (tertiary/aromatic N) is 2. The second-order valence-corrected chi connectivity index (χ2v) is 8.31. The molecule has 0 aliphatic heterocycles. The molecule has 0 fully saturated rings. The predicted molar refractivity (Wildman–Crippen MR) is 114 cm³/mol. The van der Waals surface area contributed by atoms with Gasteiger partial charge < -0.3 is 20.0 Å². The van der Waals surface area contributed by atoms with E-state index in [0.717, 1.165) is 5.56 Å². The molecule has 1 aromatic carbocycles. The Hall–Kier alpha value is -2.54. The van der Waals surface area contributed by atoms with Gasteiger partial charge in [0.15, 0.2) is 5.69 Å². The summed E-state index contributed by atoms with van der Waals surface area (Å²) in [5, 5.41) is 6.23. The highest BCUT2D eigenvalue weighted by Gasteiger charge is 2.20. The highest BCUT2D eigenvalue weighted by atomic mass is 35.5. The lowest BCUT2D eigenvalue weighted by atomic mass is 10.2. The van der Waals surface area contributed by atoms with Crippen LogP contribution in [0.15, 0.2) is 28.9 Å². The van der Waals surface area contributed by atoms with Crippen molar-refractivity contribution in [2.24, 2.45) is 11.8 Å². The highest BCUT2D eigenvalue weighted by molar-refractivity contribution is 6.31. The lowest BCUT2D eigenvalue weighted by Gasteiger charge is -2.23. The van der Waals surface area contributed by atoms with Gasteiger partial charge in [0.2, 0.25) is 5.89 Å². The first-order valence-electron chi connectivity index (χ1n) is 9.70. The Morgan fingerprint density at radius 1 is 1.21 bits per heavy atom. The first-order chi connectivity index (χ1) is 13.7. The number of amides is 3. The third-order valence-corrected chi connectivity index (χ3v) is 4.48. The van der Waals surface area contributed by atoms with E-state index < -0.39 is 0 Å². The van der Waals surface area contributed by atoms with Crippen LogP contribution < -0.4 is 10.6 Å². The van der Waals surface area contributed by atoms with Crippen molar-refractivity contribution in [3.8, 4) is 0 Å². The summed E-state index contributed by atoms with van der Waals surface area (Å²) in [6, 6.07) is 5.07. The van der Waals surface area contributed by atoms with E-state index in [1.54, 1.807) is 17.0 Å². The molecule has 29 heavy (non-hydrogen) atoms. The molecule has 2 aromatic rings. The number of hydrogen-bond acceptors (Lipinski definition) is 4. The summed E-state index contributed by atoms with van der Waals surface area (Å²) in [5.74, 6) is 0.595. The number of aromatic nitrogens is 1. The van der Waals surface area contributed by atoms with Gasteiger partial charge in [0.05, 0.1) is 6.54 Å². The topological polar surface area (TPSA) is 87.5 Å². The Kier molecular flexibility index (Phi) is 8.08. The summed E-state index contributed by atoms with van der Waals surface area (Å²) in [5.41, 5.74) is 1.75. The number of nitrogens with one attached hydrogen (secondary N) is 2. The average Bonchev–Trinajstić information content (AvgIpc) is 3.10. The van der Waals surface area contributed by atoms with Crippen molar-refractivity contribution in [1.29, 1.82) is 0 Å². The molecule has 8 heteroatoms. The van der Waals surface area contributed by atoms with Gasteiger partial charge in [-0.15, -0.1) is 0 Å². The molecule has 0 aliphatic carbocycles. The van der Waals surface area contributed by atoms with Gasteiger partial charge in [-0.05, 0) is 36.5 Å². The van der Waals surface area contributed by atoms with Gasteiger partial charge in [-0.3, -0.25) is 4.79 Å². The number of oxazole rings is 1. The largest absolute Gasteiger partial charge is 0.446 e. The molecule has 2 rings (SSSR count). The Labute approximate surface area is 176 Å². The van der Waals surface area contributed by atoms with E-state index in [4.69, 9.17) is 16.0 Å². The molecule has 2 N–H and O–H groups in total. The molecule has 0 aliphatic rings. The first kappa shape index (κ1) is 22.7. The van der Waals surface area contributed by atoms with E-state index in [1.807, 2.05) is 40.7 Å². The Bertz CT molecular complexity index is 848. The van der Waals surface area contributed by atoms with Gasteiger partial charge in [0, 0.05) is 23.8 Å². The fourth-order valence-corrected chi connectivity index (χ4v) is 2.75. The van der Waals surface area contributed by atoms with Crippen molar-refractivity contribution < 1.29 is 14.0 Å². The molecule has 3 amide bonds. The van der Waals surface area contributed by atoms with Crippen LogP contribution in [0.5, 0.6) is 0 Å². The lowest BCUT2D eigenvalue weighted by Crippen LogP contribution is -2.37. The van der Waals surface area contributed by atoms with Gasteiger partial charge in [-0.2, -0.15) is 0 Å². The summed E-state index contributed by atoms with van der Waals surface area (Å²) in [6.45, 7) is 11.2. The maximum atomic E-state index is 12.8. The van der Waals surface area contributed by atoms with Crippen LogP contribution in [-0.4, -0.2) is 34.9 Å². The zero-order valence-electron chi connectivity index (χ0n) is 17.6. The van der Waals surface area contributed by atoms with E-state index >= 15 is 0 Å². The van der Waals surface area contributed by atoms with E-state index in [-0.39, 0.29) is 30.1 Å². The van der Waals surface area contributed by atoms with Crippen LogP contribution in [0.4, 0.5) is 10.5 Å². The number of rotatable bonds is 8. The summed E-state index contributed by atoms with van der Waals surface area (Å²) < 4.78 is 5.43. The SMILES string of the molecule is Cc1ccc(NC(=O)N(Cc2nc(C(=O)NCC(C)C)co2)CC(C)C)cc1Cl. The number of carbonyl (C=O) groups excluding carboxylic acids is 2. The van der Waals surface area contributed by atoms with Crippen LogP contribution in [0.3, 0.4) is 0 Å². The van der Waals surface area contributed by atoms with Crippen molar-refractivity contribution in [3.05, 3.63) is 46.6 Å². The molecular formula is C21H29ClN4O3. The molecule has 0 saturated carbocycles. The first-order valence-corrected chi connectivity index (χ1v) is 10.1. The fourth-order valence-electron chi connectivity index (χ4n) is 2.57. The average molecular weight is 421 g/mol. The molecular weight excluding hydrogens is 392 g/mol. The minimum atomic E-state index is -0.289. The Morgan fingerprint density at radius 2 is 1.93 bits per heavy atom. The van der Waals surface area contributed by atoms with Crippen molar-refractivity contribution in [3.63, 3.8) is 0 Å². The number of hydrogen-bond donors (Lipinski definition) is 2. The van der Waals surface area contributed by atoms with Crippen molar-refractivity contribution in [1.82, 2.24) is 15.2 Å². The van der Waals surface area contributed by atoms with Gasteiger partial charge in [-0.1, -0.05) is 45.4 Å². The molecule has 0 radical (unpaired) electrons. The summed E-state index contributed by atoms with van der Waals surface area (Å²) in [4.78, 5) is 30.7. The smallest absolute Gasteiger partial charge is 0.322 e. The van der Waals surface area contributed by atoms with Crippen LogP contribution in [0.2, 0.25) is 5.02 Å². The zero-order chi connectivity index (χ0) is 21.6. The molecule has 0 spiro atoms. The van der Waals surface area contributed by atoms with Crippen molar-refractivity contribution >= 4 is 29.2 Å². The second kappa shape index (κ2) is 10.3. The summed E-state index contributed by atoms with van der Waals surface area (Å²) in [6.07, 6.45) is 1.32. The minimum Gasteiger partial charge on any atom is -0.446 e. The molecule has 1 heterocycles.